The average Bonchev–Trinajstić information content (AvgIpc) is 2.38. The van der Waals surface area contributed by atoms with E-state index in [1.165, 1.54) is 0 Å². The molecule has 0 fully saturated rings. The number of nitrogens with one attached hydrogen (secondary N) is 1. The van der Waals surface area contributed by atoms with Crippen molar-refractivity contribution in [3.63, 3.8) is 0 Å². The Balaban J connectivity index is 2.26. The zero-order chi connectivity index (χ0) is 13.8. The Kier molecular flexibility index (Phi) is 4.32. The van der Waals surface area contributed by atoms with Crippen molar-refractivity contribution in [2.75, 3.05) is 11.9 Å². The van der Waals surface area contributed by atoms with Gasteiger partial charge in [0.2, 0.25) is 0 Å². The van der Waals surface area contributed by atoms with Crippen molar-refractivity contribution in [3.8, 4) is 0 Å². The summed E-state index contributed by atoms with van der Waals surface area (Å²) >= 11 is 0. The number of hydrogen-bond donors (Lipinski definition) is 2. The van der Waals surface area contributed by atoms with E-state index >= 15 is 0 Å². The van der Waals surface area contributed by atoms with E-state index in [0.29, 0.717) is 12.5 Å². The predicted octanol–water partition coefficient (Wildman–Crippen LogP) is 2.72. The van der Waals surface area contributed by atoms with Crippen molar-refractivity contribution in [1.29, 1.82) is 0 Å². The molecule has 2 aromatic rings. The Morgan fingerprint density at radius 1 is 1.16 bits per heavy atom. The zero-order valence-electron chi connectivity index (χ0n) is 11.9. The SMILES string of the molecule is Cc1nc2ccccc2nc1NC(CN)CC(C)C. The first-order chi connectivity index (χ1) is 9.10. The van der Waals surface area contributed by atoms with Crippen LogP contribution in [-0.2, 0) is 0 Å². The molecule has 102 valence electrons. The Morgan fingerprint density at radius 2 is 1.79 bits per heavy atom. The molecule has 0 spiro atoms. The first kappa shape index (κ1) is 13.7. The fourth-order valence-electron chi connectivity index (χ4n) is 2.20. The van der Waals surface area contributed by atoms with Gasteiger partial charge in [0.1, 0.15) is 5.82 Å². The second kappa shape index (κ2) is 5.97. The molecule has 0 saturated heterocycles. The van der Waals surface area contributed by atoms with Gasteiger partial charge in [0.05, 0.1) is 16.7 Å². The maximum Gasteiger partial charge on any atom is 0.148 e. The van der Waals surface area contributed by atoms with Crippen LogP contribution in [0.5, 0.6) is 0 Å². The van der Waals surface area contributed by atoms with E-state index in [1.54, 1.807) is 0 Å². The fraction of sp³-hybridized carbons (Fsp3) is 0.467. The first-order valence-electron chi connectivity index (χ1n) is 6.80. The van der Waals surface area contributed by atoms with Crippen LogP contribution in [0, 0.1) is 12.8 Å². The van der Waals surface area contributed by atoms with Crippen LogP contribution in [0.3, 0.4) is 0 Å². The molecule has 0 aliphatic rings. The molecular weight excluding hydrogens is 236 g/mol. The Hall–Kier alpha value is -1.68. The average molecular weight is 258 g/mol. The fourth-order valence-corrected chi connectivity index (χ4v) is 2.20. The van der Waals surface area contributed by atoms with Crippen LogP contribution in [0.4, 0.5) is 5.82 Å². The van der Waals surface area contributed by atoms with E-state index in [2.05, 4.69) is 29.1 Å². The molecule has 4 heteroatoms. The van der Waals surface area contributed by atoms with Crippen LogP contribution in [0.2, 0.25) is 0 Å². The second-order valence-electron chi connectivity index (χ2n) is 5.35. The van der Waals surface area contributed by atoms with Gasteiger partial charge in [0.25, 0.3) is 0 Å². The molecule has 1 aromatic heterocycles. The second-order valence-corrected chi connectivity index (χ2v) is 5.35. The van der Waals surface area contributed by atoms with Crippen molar-refractivity contribution >= 4 is 16.9 Å². The third-order valence-electron chi connectivity index (χ3n) is 3.13. The third-order valence-corrected chi connectivity index (χ3v) is 3.13. The van der Waals surface area contributed by atoms with Crippen molar-refractivity contribution in [3.05, 3.63) is 30.0 Å². The van der Waals surface area contributed by atoms with Crippen LogP contribution in [0.1, 0.15) is 26.0 Å². The van der Waals surface area contributed by atoms with Gasteiger partial charge in [-0.3, -0.25) is 0 Å². The van der Waals surface area contributed by atoms with E-state index in [0.717, 1.165) is 29.0 Å². The monoisotopic (exact) mass is 258 g/mol. The standard InChI is InChI=1S/C15H22N4/c1-10(2)8-12(9-16)18-15-11(3)17-13-6-4-5-7-14(13)19-15/h4-7,10,12H,8-9,16H2,1-3H3,(H,18,19). The van der Waals surface area contributed by atoms with Crippen molar-refractivity contribution in [2.24, 2.45) is 11.7 Å². The number of nitrogens with two attached hydrogens (primary N) is 1. The van der Waals surface area contributed by atoms with Gasteiger partial charge in [-0.1, -0.05) is 26.0 Å². The maximum absolute atomic E-state index is 5.82. The molecule has 3 N–H and O–H groups in total. The maximum atomic E-state index is 5.82. The van der Waals surface area contributed by atoms with Gasteiger partial charge in [-0.25, -0.2) is 9.97 Å². The summed E-state index contributed by atoms with van der Waals surface area (Å²) in [6, 6.07) is 8.16. The Labute approximate surface area is 114 Å². The highest BCUT2D eigenvalue weighted by Crippen LogP contribution is 2.18. The van der Waals surface area contributed by atoms with Gasteiger partial charge >= 0.3 is 0 Å². The molecule has 0 aliphatic carbocycles. The van der Waals surface area contributed by atoms with Crippen molar-refractivity contribution in [1.82, 2.24) is 9.97 Å². The normalized spacial score (nSPS) is 12.9. The summed E-state index contributed by atoms with van der Waals surface area (Å²) in [5.41, 5.74) is 8.58. The summed E-state index contributed by atoms with van der Waals surface area (Å²) in [6.45, 7) is 6.98. The number of para-hydroxylation sites is 2. The summed E-state index contributed by atoms with van der Waals surface area (Å²) in [4.78, 5) is 9.22. The largest absolute Gasteiger partial charge is 0.365 e. The number of nitrogens with zero attached hydrogens (tertiary/aromatic N) is 2. The minimum Gasteiger partial charge on any atom is -0.365 e. The molecule has 0 radical (unpaired) electrons. The molecule has 4 nitrogen and oxygen atoms in total. The quantitative estimate of drug-likeness (QED) is 0.865. The highest BCUT2D eigenvalue weighted by molar-refractivity contribution is 5.76. The minimum atomic E-state index is 0.245. The lowest BCUT2D eigenvalue weighted by atomic mass is 10.0. The lowest BCUT2D eigenvalue weighted by Gasteiger charge is -2.20. The van der Waals surface area contributed by atoms with Crippen LogP contribution in [-0.4, -0.2) is 22.6 Å². The van der Waals surface area contributed by atoms with Gasteiger partial charge < -0.3 is 11.1 Å². The topological polar surface area (TPSA) is 63.8 Å². The van der Waals surface area contributed by atoms with E-state index in [-0.39, 0.29) is 6.04 Å². The molecule has 0 aliphatic heterocycles. The number of fused-ring (bicyclic) bond motifs is 1. The molecule has 2 rings (SSSR count). The Bertz CT molecular complexity index is 551. The zero-order valence-corrected chi connectivity index (χ0v) is 11.9. The number of anilines is 1. The summed E-state index contributed by atoms with van der Waals surface area (Å²) in [6.07, 6.45) is 1.03. The van der Waals surface area contributed by atoms with Gasteiger partial charge in [-0.05, 0) is 31.4 Å². The smallest absolute Gasteiger partial charge is 0.148 e. The van der Waals surface area contributed by atoms with E-state index in [1.807, 2.05) is 31.2 Å². The molecule has 1 aromatic carbocycles. The van der Waals surface area contributed by atoms with Crippen LogP contribution in [0.15, 0.2) is 24.3 Å². The number of hydrogen-bond acceptors (Lipinski definition) is 4. The van der Waals surface area contributed by atoms with Gasteiger partial charge in [-0.15, -0.1) is 0 Å². The summed E-state index contributed by atoms with van der Waals surface area (Å²) in [5.74, 6) is 1.45. The highest BCUT2D eigenvalue weighted by Gasteiger charge is 2.12. The third kappa shape index (κ3) is 3.41. The lowest BCUT2D eigenvalue weighted by molar-refractivity contribution is 0.520. The van der Waals surface area contributed by atoms with Crippen molar-refractivity contribution in [2.45, 2.75) is 33.2 Å². The Morgan fingerprint density at radius 3 is 2.37 bits per heavy atom. The number of aryl methyl sites for hydroxylation is 1. The van der Waals surface area contributed by atoms with Gasteiger partial charge in [0.15, 0.2) is 0 Å². The summed E-state index contributed by atoms with van der Waals surface area (Å²) in [7, 11) is 0. The molecule has 0 saturated carbocycles. The van der Waals surface area contributed by atoms with Gasteiger partial charge in [0, 0.05) is 12.6 Å². The lowest BCUT2D eigenvalue weighted by Crippen LogP contribution is -2.31. The summed E-state index contributed by atoms with van der Waals surface area (Å²) in [5, 5.41) is 3.42. The number of benzene rings is 1. The molecule has 1 atom stereocenters. The van der Waals surface area contributed by atoms with Crippen LogP contribution in [0.25, 0.3) is 11.0 Å². The van der Waals surface area contributed by atoms with Gasteiger partial charge in [-0.2, -0.15) is 0 Å². The predicted molar refractivity (Wildman–Crippen MR) is 80.2 cm³/mol. The molecular formula is C15H22N4. The summed E-state index contributed by atoms with van der Waals surface area (Å²) < 4.78 is 0. The van der Waals surface area contributed by atoms with E-state index in [4.69, 9.17) is 5.73 Å². The van der Waals surface area contributed by atoms with Crippen LogP contribution < -0.4 is 11.1 Å². The molecule has 0 amide bonds. The number of aromatic nitrogens is 2. The highest BCUT2D eigenvalue weighted by atomic mass is 15.1. The van der Waals surface area contributed by atoms with E-state index in [9.17, 15) is 0 Å². The first-order valence-corrected chi connectivity index (χ1v) is 6.80. The van der Waals surface area contributed by atoms with Crippen LogP contribution >= 0.6 is 0 Å². The minimum absolute atomic E-state index is 0.245. The van der Waals surface area contributed by atoms with Crippen molar-refractivity contribution < 1.29 is 0 Å². The molecule has 1 unspecified atom stereocenters. The molecule has 19 heavy (non-hydrogen) atoms. The molecule has 1 heterocycles. The number of rotatable bonds is 5. The van der Waals surface area contributed by atoms with E-state index < -0.39 is 0 Å². The molecule has 0 bridgehead atoms.